The molecule has 3 N–H and O–H groups in total. The maximum absolute atomic E-state index is 12.5. The van der Waals surface area contributed by atoms with E-state index in [2.05, 4.69) is 31.3 Å². The van der Waals surface area contributed by atoms with Crippen LogP contribution in [0.4, 0.5) is 0 Å². The molecule has 0 rings (SSSR count). The van der Waals surface area contributed by atoms with Gasteiger partial charge in [0.2, 0.25) is 5.91 Å². The summed E-state index contributed by atoms with van der Waals surface area (Å²) >= 11 is 0. The molecule has 0 aromatic carbocycles. The van der Waals surface area contributed by atoms with E-state index in [1.54, 1.807) is 6.08 Å². The lowest BCUT2D eigenvalue weighted by molar-refractivity contribution is -0.143. The molecule has 1 amide bonds. The summed E-state index contributed by atoms with van der Waals surface area (Å²) in [7, 11) is 0. The molecule has 0 bridgehead atoms. The van der Waals surface area contributed by atoms with Crippen molar-refractivity contribution in [1.29, 1.82) is 0 Å². The highest BCUT2D eigenvalue weighted by molar-refractivity contribution is 5.76. The van der Waals surface area contributed by atoms with Crippen LogP contribution in [0.2, 0.25) is 0 Å². The molecule has 0 aromatic heterocycles. The molecular weight excluding hydrogens is 959 g/mol. The van der Waals surface area contributed by atoms with Crippen molar-refractivity contribution in [2.75, 3.05) is 13.2 Å². The Morgan fingerprint density at radius 3 is 0.910 bits per heavy atom. The minimum Gasteiger partial charge on any atom is -0.466 e. The third-order valence-electron chi connectivity index (χ3n) is 16.7. The van der Waals surface area contributed by atoms with Crippen molar-refractivity contribution in [2.24, 2.45) is 0 Å². The molecular formula is C72H139NO5. The molecule has 6 nitrogen and oxygen atoms in total. The minimum atomic E-state index is -0.840. The molecule has 0 saturated heterocycles. The molecule has 6 heteroatoms. The van der Waals surface area contributed by atoms with Gasteiger partial charge in [-0.05, 0) is 57.8 Å². The van der Waals surface area contributed by atoms with E-state index in [-0.39, 0.29) is 18.5 Å². The third kappa shape index (κ3) is 63.5. The standard InChI is InChI=1S/C72H139NO5/c1-3-5-7-9-11-13-15-17-40-44-48-52-56-60-64-70(75)69(68-74)73-71(76)65-61-57-53-49-45-41-38-36-34-32-30-28-26-24-22-20-19-21-23-25-27-29-31-33-35-37-39-43-47-51-55-59-63-67-78-72(77)66-62-58-54-50-46-42-18-16-14-12-10-8-6-4-2/h16,18,60,64,69-70,74-75H,3-15,17,19-59,61-63,65-68H2,1-2H3,(H,73,76)/b18-16-,64-60+. The fourth-order valence-electron chi connectivity index (χ4n) is 11.3. The van der Waals surface area contributed by atoms with Crippen LogP contribution < -0.4 is 5.32 Å². The summed E-state index contributed by atoms with van der Waals surface area (Å²) in [5.74, 6) is -0.0477. The lowest BCUT2D eigenvalue weighted by atomic mass is 10.0. The van der Waals surface area contributed by atoms with Crippen molar-refractivity contribution in [3.63, 3.8) is 0 Å². The molecule has 0 heterocycles. The largest absolute Gasteiger partial charge is 0.466 e. The Labute approximate surface area is 488 Å². The lowest BCUT2D eigenvalue weighted by Crippen LogP contribution is -2.45. The van der Waals surface area contributed by atoms with Gasteiger partial charge >= 0.3 is 5.97 Å². The van der Waals surface area contributed by atoms with E-state index in [0.717, 1.165) is 44.9 Å². The van der Waals surface area contributed by atoms with Crippen LogP contribution in [-0.4, -0.2) is 47.4 Å². The molecule has 2 unspecified atom stereocenters. The summed E-state index contributed by atoms with van der Waals surface area (Å²) in [5.41, 5.74) is 0. The number of carbonyl (C=O) groups is 2. The number of hydrogen-bond donors (Lipinski definition) is 3. The van der Waals surface area contributed by atoms with Crippen LogP contribution in [0.15, 0.2) is 24.3 Å². The monoisotopic (exact) mass is 1100 g/mol. The highest BCUT2D eigenvalue weighted by Crippen LogP contribution is 2.19. The number of allylic oxidation sites excluding steroid dienone is 3. The highest BCUT2D eigenvalue weighted by Gasteiger charge is 2.18. The molecule has 0 saturated carbocycles. The molecule has 2 atom stereocenters. The van der Waals surface area contributed by atoms with Crippen LogP contribution in [0.5, 0.6) is 0 Å². The average molecular weight is 1100 g/mol. The Kier molecular flexibility index (Phi) is 66.4. The number of unbranched alkanes of at least 4 members (excludes halogenated alkanes) is 54. The van der Waals surface area contributed by atoms with E-state index in [1.807, 2.05) is 6.08 Å². The summed E-state index contributed by atoms with van der Waals surface area (Å²) in [5, 5.41) is 23.1. The summed E-state index contributed by atoms with van der Waals surface area (Å²) in [4.78, 5) is 24.5. The predicted molar refractivity (Wildman–Crippen MR) is 343 cm³/mol. The van der Waals surface area contributed by atoms with Gasteiger partial charge in [0.05, 0.1) is 25.4 Å². The maximum Gasteiger partial charge on any atom is 0.305 e. The number of aliphatic hydroxyl groups excluding tert-OH is 2. The van der Waals surface area contributed by atoms with Gasteiger partial charge in [0.1, 0.15) is 0 Å². The molecule has 0 aliphatic heterocycles. The number of amides is 1. The van der Waals surface area contributed by atoms with Gasteiger partial charge in [-0.2, -0.15) is 0 Å². The topological polar surface area (TPSA) is 95.9 Å². The van der Waals surface area contributed by atoms with Crippen molar-refractivity contribution in [2.45, 2.75) is 411 Å². The van der Waals surface area contributed by atoms with E-state index in [4.69, 9.17) is 4.74 Å². The molecule has 0 aliphatic rings. The van der Waals surface area contributed by atoms with Crippen LogP contribution in [0, 0.1) is 0 Å². The minimum absolute atomic E-state index is 0.0134. The maximum atomic E-state index is 12.5. The number of esters is 1. The van der Waals surface area contributed by atoms with Gasteiger partial charge in [-0.1, -0.05) is 353 Å². The third-order valence-corrected chi connectivity index (χ3v) is 16.7. The average Bonchev–Trinajstić information content (AvgIpc) is 3.44. The number of carbonyl (C=O) groups excluding carboxylic acids is 2. The van der Waals surface area contributed by atoms with Gasteiger partial charge in [0, 0.05) is 12.8 Å². The Morgan fingerprint density at radius 1 is 0.346 bits per heavy atom. The van der Waals surface area contributed by atoms with Gasteiger partial charge in [-0.25, -0.2) is 0 Å². The predicted octanol–water partition coefficient (Wildman–Crippen LogP) is 22.9. The van der Waals surface area contributed by atoms with E-state index in [9.17, 15) is 19.8 Å². The number of ether oxygens (including phenoxy) is 1. The van der Waals surface area contributed by atoms with Crippen molar-refractivity contribution in [3.05, 3.63) is 24.3 Å². The second-order valence-electron chi connectivity index (χ2n) is 24.6. The first-order valence-electron chi connectivity index (χ1n) is 35.6. The normalized spacial score (nSPS) is 12.6. The van der Waals surface area contributed by atoms with E-state index in [1.165, 1.54) is 327 Å². The van der Waals surface area contributed by atoms with Crippen LogP contribution in [0.3, 0.4) is 0 Å². The number of nitrogens with one attached hydrogen (secondary N) is 1. The van der Waals surface area contributed by atoms with Gasteiger partial charge in [-0.3, -0.25) is 9.59 Å². The van der Waals surface area contributed by atoms with Crippen LogP contribution in [-0.2, 0) is 14.3 Å². The van der Waals surface area contributed by atoms with E-state index >= 15 is 0 Å². The number of rotatable bonds is 67. The fourth-order valence-corrected chi connectivity index (χ4v) is 11.3. The second kappa shape index (κ2) is 67.8. The highest BCUT2D eigenvalue weighted by atomic mass is 16.5. The molecule has 462 valence electrons. The van der Waals surface area contributed by atoms with Gasteiger partial charge in [0.15, 0.2) is 0 Å². The Bertz CT molecular complexity index is 1220. The summed E-state index contributed by atoms with van der Waals surface area (Å²) in [6, 6.07) is -0.623. The summed E-state index contributed by atoms with van der Waals surface area (Å²) in [6.45, 7) is 4.92. The van der Waals surface area contributed by atoms with E-state index in [0.29, 0.717) is 19.4 Å². The zero-order valence-electron chi connectivity index (χ0n) is 52.9. The molecule has 0 aliphatic carbocycles. The van der Waals surface area contributed by atoms with Crippen molar-refractivity contribution < 1.29 is 24.5 Å². The molecule has 0 spiro atoms. The quantitative estimate of drug-likeness (QED) is 0.0320. The van der Waals surface area contributed by atoms with Crippen LogP contribution >= 0.6 is 0 Å². The van der Waals surface area contributed by atoms with Crippen molar-refractivity contribution >= 4 is 11.9 Å². The summed E-state index contributed by atoms with van der Waals surface area (Å²) in [6.07, 6.45) is 85.6. The van der Waals surface area contributed by atoms with Gasteiger partial charge in [0.25, 0.3) is 0 Å². The Balaban J connectivity index is 3.32. The van der Waals surface area contributed by atoms with Gasteiger partial charge in [-0.15, -0.1) is 0 Å². The second-order valence-corrected chi connectivity index (χ2v) is 24.6. The van der Waals surface area contributed by atoms with Crippen LogP contribution in [0.1, 0.15) is 399 Å². The molecule has 78 heavy (non-hydrogen) atoms. The zero-order chi connectivity index (χ0) is 56.4. The first-order chi connectivity index (χ1) is 38.5. The number of hydrogen-bond acceptors (Lipinski definition) is 5. The fraction of sp³-hybridized carbons (Fsp3) is 0.917. The number of aliphatic hydroxyl groups is 2. The Hall–Kier alpha value is -1.66. The smallest absolute Gasteiger partial charge is 0.305 e. The first kappa shape index (κ1) is 76.3. The van der Waals surface area contributed by atoms with Crippen molar-refractivity contribution in [1.82, 2.24) is 5.32 Å². The Morgan fingerprint density at radius 2 is 0.603 bits per heavy atom. The first-order valence-corrected chi connectivity index (χ1v) is 35.6. The summed E-state index contributed by atoms with van der Waals surface area (Å²) < 4.78 is 5.49. The lowest BCUT2D eigenvalue weighted by Gasteiger charge is -2.20. The van der Waals surface area contributed by atoms with Crippen LogP contribution in [0.25, 0.3) is 0 Å². The molecule has 0 aromatic rings. The van der Waals surface area contributed by atoms with Gasteiger partial charge < -0.3 is 20.3 Å². The SMILES string of the molecule is CCCCCCC/C=C\CCCCCCCC(=O)OCCCCCCCCCCCCCCCCCCCCCCCCCCCCCCCCCCCC(=O)NC(CO)C(O)/C=C/CCCCCCCCCCCCCC. The zero-order valence-corrected chi connectivity index (χ0v) is 52.9. The van der Waals surface area contributed by atoms with Crippen molar-refractivity contribution in [3.8, 4) is 0 Å². The molecule has 0 radical (unpaired) electrons. The van der Waals surface area contributed by atoms with E-state index < -0.39 is 12.1 Å². The molecule has 0 fully saturated rings.